The van der Waals surface area contributed by atoms with Crippen LogP contribution in [0.4, 0.5) is 5.82 Å². The number of aromatic amines is 1. The number of imidazole rings is 1. The van der Waals surface area contributed by atoms with Gasteiger partial charge in [-0.25, -0.2) is 24.3 Å². The molecule has 5 rings (SSSR count). The van der Waals surface area contributed by atoms with Crippen molar-refractivity contribution in [3.8, 4) is 0 Å². The Labute approximate surface area is 224 Å². The van der Waals surface area contributed by atoms with E-state index in [4.69, 9.17) is 29.0 Å². The molecule has 0 aliphatic carbocycles. The number of anilines is 1. The van der Waals surface area contributed by atoms with Crippen molar-refractivity contribution in [3.63, 3.8) is 0 Å². The minimum absolute atomic E-state index is 0.158. The maximum atomic E-state index is 13.2. The summed E-state index contributed by atoms with van der Waals surface area (Å²) in [4.78, 5) is 38.0. The lowest BCUT2D eigenvalue weighted by molar-refractivity contribution is -0.0625. The third-order valence-corrected chi connectivity index (χ3v) is 8.04. The van der Waals surface area contributed by atoms with Crippen molar-refractivity contribution in [2.45, 2.75) is 49.4 Å². The molecule has 0 amide bonds. The molecule has 2 saturated heterocycles. The average Bonchev–Trinajstić information content (AvgIpc) is 3.58. The summed E-state index contributed by atoms with van der Waals surface area (Å²) in [6.45, 7) is -5.09. The molecular formula is C20H26N7O10PS. The lowest BCUT2D eigenvalue weighted by Gasteiger charge is -2.26. The number of H-pyrrole nitrogens is 1. The van der Waals surface area contributed by atoms with Gasteiger partial charge in [-0.15, -0.1) is 0 Å². The monoisotopic (exact) mass is 587 g/mol. The van der Waals surface area contributed by atoms with Gasteiger partial charge in [0.2, 0.25) is 0 Å². The highest BCUT2D eigenvalue weighted by Gasteiger charge is 2.50. The van der Waals surface area contributed by atoms with Gasteiger partial charge in [0.1, 0.15) is 42.5 Å². The van der Waals surface area contributed by atoms with Crippen LogP contribution in [0.15, 0.2) is 34.5 Å². The standard InChI is InChI=1S/C20H26N7O10PS/c1-33-16-15(10(5-28)36-19(16)26-3-2-12(30)25-20(26)31)37-38(32,39)34-6-11-9(29)4-13(35-11)27-8-24-14-17(21)22-7-23-18(14)27/h2-3,7-11,13,15-16,19,28-29H,4-6H2,1H3,(H,32,39)(H2,21,22,23)(H,25,30,31)/t9-,10+,11+,13+,15+,16+,19+,38?/m0/s1. The number of aromatic nitrogens is 6. The average molecular weight is 588 g/mol. The highest BCUT2D eigenvalue weighted by atomic mass is 32.7. The van der Waals surface area contributed by atoms with Crippen molar-refractivity contribution >= 4 is 36.0 Å². The quantitative estimate of drug-likeness (QED) is 0.149. The normalized spacial score (nSPS) is 30.6. The number of nitrogen functional groups attached to an aromatic ring is 1. The van der Waals surface area contributed by atoms with Crippen LogP contribution in [-0.2, 0) is 27.8 Å². The van der Waals surface area contributed by atoms with Crippen molar-refractivity contribution in [3.05, 3.63) is 45.8 Å². The van der Waals surface area contributed by atoms with Crippen LogP contribution in [0.2, 0.25) is 0 Å². The van der Waals surface area contributed by atoms with E-state index in [0.717, 1.165) is 10.6 Å². The van der Waals surface area contributed by atoms with Gasteiger partial charge < -0.3 is 30.2 Å². The summed E-state index contributed by atoms with van der Waals surface area (Å²) in [6.07, 6.45) is -2.89. The second-order valence-electron chi connectivity index (χ2n) is 8.81. The first-order chi connectivity index (χ1) is 18.6. The van der Waals surface area contributed by atoms with Gasteiger partial charge in [-0.3, -0.25) is 28.0 Å². The number of aliphatic hydroxyl groups excluding tert-OH is 2. The summed E-state index contributed by atoms with van der Waals surface area (Å²) in [6, 6.07) is 1.11. The molecule has 0 bridgehead atoms. The van der Waals surface area contributed by atoms with Crippen LogP contribution >= 0.6 is 19.0 Å². The number of methoxy groups -OCH3 is 1. The van der Waals surface area contributed by atoms with E-state index in [-0.39, 0.29) is 18.8 Å². The van der Waals surface area contributed by atoms with Crippen molar-refractivity contribution in [1.82, 2.24) is 29.1 Å². The van der Waals surface area contributed by atoms with E-state index < -0.39 is 67.6 Å². The number of thiol groups is 1. The molecule has 2 fully saturated rings. The maximum absolute atomic E-state index is 13.2. The molecule has 0 spiro atoms. The molecule has 0 radical (unpaired) electrons. The van der Waals surface area contributed by atoms with Gasteiger partial charge in [-0.05, 0) is 0 Å². The highest BCUT2D eigenvalue weighted by molar-refractivity contribution is 8.44. The van der Waals surface area contributed by atoms with E-state index in [2.05, 4.69) is 32.2 Å². The number of ether oxygens (including phenoxy) is 3. The Morgan fingerprint density at radius 1 is 1.23 bits per heavy atom. The first kappa shape index (κ1) is 27.9. The molecule has 39 heavy (non-hydrogen) atoms. The van der Waals surface area contributed by atoms with Crippen LogP contribution in [0, 0.1) is 0 Å². The zero-order valence-corrected chi connectivity index (χ0v) is 22.1. The van der Waals surface area contributed by atoms with Crippen LogP contribution in [0.25, 0.3) is 11.2 Å². The lowest BCUT2D eigenvalue weighted by Crippen LogP contribution is -2.39. The van der Waals surface area contributed by atoms with Gasteiger partial charge in [0.25, 0.3) is 5.56 Å². The minimum Gasteiger partial charge on any atom is -0.394 e. The van der Waals surface area contributed by atoms with Crippen molar-refractivity contribution in [1.29, 1.82) is 0 Å². The maximum Gasteiger partial charge on any atom is 0.386 e. The molecule has 17 nitrogen and oxygen atoms in total. The fraction of sp³-hybridized carbons (Fsp3) is 0.550. The van der Waals surface area contributed by atoms with Crippen molar-refractivity contribution in [2.75, 3.05) is 26.1 Å². The molecule has 3 aromatic heterocycles. The molecule has 0 saturated carbocycles. The SMILES string of the molecule is CO[C@@H]1[C@H](OP(=O)(S)OC[C@H]2O[C@@H](n3cnc4c(N)ncnc43)C[C@@H]2O)[C@@H](CO)O[C@H]1n1ccc(=O)[nH]c1=O. The number of hydrogen-bond acceptors (Lipinski definition) is 14. The predicted octanol–water partition coefficient (Wildman–Crippen LogP) is -1.05. The predicted molar refractivity (Wildman–Crippen MR) is 135 cm³/mol. The summed E-state index contributed by atoms with van der Waals surface area (Å²) in [5.74, 6) is 0.199. The largest absolute Gasteiger partial charge is 0.394 e. The van der Waals surface area contributed by atoms with E-state index in [1.165, 1.54) is 26.0 Å². The Morgan fingerprint density at radius 2 is 2.03 bits per heavy atom. The lowest BCUT2D eigenvalue weighted by atomic mass is 10.1. The van der Waals surface area contributed by atoms with Crippen LogP contribution in [0.3, 0.4) is 0 Å². The summed E-state index contributed by atoms with van der Waals surface area (Å²) >= 11 is 4.03. The number of fused-ring (bicyclic) bond motifs is 1. The topological polar surface area (TPSA) is 228 Å². The first-order valence-corrected chi connectivity index (χ1v) is 14.3. The van der Waals surface area contributed by atoms with E-state index in [0.29, 0.717) is 11.2 Å². The molecule has 3 aromatic rings. The number of hydrogen-bond donors (Lipinski definition) is 5. The van der Waals surface area contributed by atoms with Crippen LogP contribution in [0.1, 0.15) is 18.9 Å². The number of nitrogens with two attached hydrogens (primary N) is 1. The number of nitrogens with one attached hydrogen (secondary N) is 1. The van der Waals surface area contributed by atoms with E-state index in [1.54, 1.807) is 4.57 Å². The van der Waals surface area contributed by atoms with Gasteiger partial charge in [0.05, 0.1) is 25.6 Å². The molecule has 2 aliphatic heterocycles. The fourth-order valence-corrected chi connectivity index (χ4v) is 6.04. The Balaban J connectivity index is 1.26. The molecule has 19 heteroatoms. The Hall–Kier alpha value is -2.67. The van der Waals surface area contributed by atoms with Gasteiger partial charge in [0, 0.05) is 25.8 Å². The van der Waals surface area contributed by atoms with E-state index in [1.807, 2.05) is 0 Å². The Kier molecular flexibility index (Phi) is 7.91. The highest BCUT2D eigenvalue weighted by Crippen LogP contribution is 2.56. The van der Waals surface area contributed by atoms with Gasteiger partial charge in [-0.2, -0.15) is 0 Å². The molecule has 212 valence electrons. The second-order valence-corrected chi connectivity index (χ2v) is 11.7. The zero-order valence-electron chi connectivity index (χ0n) is 20.3. The molecule has 0 aromatic carbocycles. The smallest absolute Gasteiger partial charge is 0.386 e. The first-order valence-electron chi connectivity index (χ1n) is 11.6. The van der Waals surface area contributed by atoms with E-state index >= 15 is 0 Å². The van der Waals surface area contributed by atoms with Crippen LogP contribution in [0.5, 0.6) is 0 Å². The van der Waals surface area contributed by atoms with Gasteiger partial charge in [0.15, 0.2) is 17.7 Å². The number of aliphatic hydroxyl groups is 2. The second kappa shape index (κ2) is 11.1. The summed E-state index contributed by atoms with van der Waals surface area (Å²) < 4.78 is 43.9. The van der Waals surface area contributed by atoms with Crippen molar-refractivity contribution < 1.29 is 38.0 Å². The number of rotatable bonds is 9. The third kappa shape index (κ3) is 5.52. The molecule has 5 heterocycles. The summed E-state index contributed by atoms with van der Waals surface area (Å²) in [5, 5.41) is 20.4. The molecule has 8 atom stereocenters. The molecular weight excluding hydrogens is 561 g/mol. The van der Waals surface area contributed by atoms with Crippen LogP contribution in [-0.4, -0.2) is 90.1 Å². The van der Waals surface area contributed by atoms with Crippen LogP contribution < -0.4 is 17.0 Å². The summed E-state index contributed by atoms with van der Waals surface area (Å²) in [5.41, 5.74) is 5.24. The number of nitrogens with zero attached hydrogens (tertiary/aromatic N) is 5. The Bertz CT molecular complexity index is 1500. The zero-order chi connectivity index (χ0) is 27.9. The Morgan fingerprint density at radius 3 is 2.74 bits per heavy atom. The molecule has 1 unspecified atom stereocenters. The fourth-order valence-electron chi connectivity index (χ4n) is 4.55. The van der Waals surface area contributed by atoms with Gasteiger partial charge >= 0.3 is 12.5 Å². The minimum atomic E-state index is -4.15. The summed E-state index contributed by atoms with van der Waals surface area (Å²) in [7, 11) is 1.30. The van der Waals surface area contributed by atoms with Crippen molar-refractivity contribution in [2.24, 2.45) is 0 Å². The third-order valence-electron chi connectivity index (χ3n) is 6.42. The van der Waals surface area contributed by atoms with Gasteiger partial charge in [-0.1, -0.05) is 12.2 Å². The molecule has 2 aliphatic rings. The van der Waals surface area contributed by atoms with E-state index in [9.17, 15) is 24.4 Å². The molecule has 5 N–H and O–H groups in total.